The zero-order valence-electron chi connectivity index (χ0n) is 16.5. The van der Waals surface area contributed by atoms with E-state index in [2.05, 4.69) is 17.2 Å². The van der Waals surface area contributed by atoms with E-state index in [9.17, 15) is 22.8 Å². The molecule has 0 radical (unpaired) electrons. The number of esters is 1. The second kappa shape index (κ2) is 10.3. The lowest BCUT2D eigenvalue weighted by molar-refractivity contribution is -0.119. The number of carbonyl (C=O) groups is 2. The predicted molar refractivity (Wildman–Crippen MR) is 110 cm³/mol. The van der Waals surface area contributed by atoms with Crippen LogP contribution in [0.3, 0.4) is 0 Å². The van der Waals surface area contributed by atoms with E-state index in [0.29, 0.717) is 12.4 Å². The Morgan fingerprint density at radius 1 is 1.10 bits per heavy atom. The van der Waals surface area contributed by atoms with Gasteiger partial charge < -0.3 is 9.47 Å². The van der Waals surface area contributed by atoms with Gasteiger partial charge >= 0.3 is 5.97 Å². The number of benzene rings is 2. The van der Waals surface area contributed by atoms with Crippen molar-refractivity contribution in [1.82, 2.24) is 4.98 Å². The molecule has 10 heteroatoms. The molecule has 3 rings (SSSR count). The summed E-state index contributed by atoms with van der Waals surface area (Å²) in [7, 11) is 0. The number of thiazole rings is 1. The highest BCUT2D eigenvalue weighted by atomic mass is 32.1. The van der Waals surface area contributed by atoms with Crippen molar-refractivity contribution in [1.29, 1.82) is 0 Å². The van der Waals surface area contributed by atoms with Crippen molar-refractivity contribution in [2.75, 3.05) is 18.5 Å². The molecule has 0 aliphatic heterocycles. The van der Waals surface area contributed by atoms with Crippen LogP contribution in [0.25, 0.3) is 10.2 Å². The van der Waals surface area contributed by atoms with Crippen molar-refractivity contribution < 1.29 is 32.2 Å². The number of nitrogens with zero attached hydrogens (tertiary/aromatic N) is 1. The zero-order valence-corrected chi connectivity index (χ0v) is 17.4. The number of amides is 1. The Labute approximate surface area is 180 Å². The fourth-order valence-corrected chi connectivity index (χ4v) is 3.53. The number of fused-ring (bicyclic) bond motifs is 1. The van der Waals surface area contributed by atoms with Crippen LogP contribution in [0.2, 0.25) is 0 Å². The summed E-state index contributed by atoms with van der Waals surface area (Å²) >= 11 is 0.760. The minimum absolute atomic E-state index is 0.0284. The molecule has 3 aromatic rings. The highest BCUT2D eigenvalue weighted by molar-refractivity contribution is 7.22. The van der Waals surface area contributed by atoms with Crippen LogP contribution in [0.5, 0.6) is 5.75 Å². The summed E-state index contributed by atoms with van der Waals surface area (Å²) in [6.45, 7) is 2.07. The number of carbonyl (C=O) groups excluding carboxylic acids is 2. The molecule has 0 atom stereocenters. The minimum atomic E-state index is -1.64. The molecule has 0 unspecified atom stereocenters. The van der Waals surface area contributed by atoms with Crippen LogP contribution in [-0.4, -0.2) is 30.1 Å². The lowest BCUT2D eigenvalue weighted by Crippen LogP contribution is -2.20. The number of aromatic nitrogens is 1. The lowest BCUT2D eigenvalue weighted by atomic mass is 10.2. The number of hydrogen-bond donors (Lipinski definition) is 1. The maximum absolute atomic E-state index is 13.7. The Morgan fingerprint density at radius 2 is 1.84 bits per heavy atom. The van der Waals surface area contributed by atoms with Crippen LogP contribution in [-0.2, 0) is 9.53 Å². The Bertz CT molecular complexity index is 1090. The average molecular weight is 452 g/mol. The monoisotopic (exact) mass is 452 g/mol. The number of ether oxygens (including phenoxy) is 2. The molecular formula is C21H19F3N2O4S. The summed E-state index contributed by atoms with van der Waals surface area (Å²) in [5, 5.41) is 2.23. The number of rotatable bonds is 9. The smallest absolute Gasteiger partial charge is 0.338 e. The van der Waals surface area contributed by atoms with Crippen molar-refractivity contribution in [2.45, 2.75) is 26.2 Å². The van der Waals surface area contributed by atoms with E-state index in [1.54, 1.807) is 12.1 Å². The fourth-order valence-electron chi connectivity index (χ4n) is 2.63. The van der Waals surface area contributed by atoms with Gasteiger partial charge in [-0.1, -0.05) is 31.1 Å². The van der Waals surface area contributed by atoms with Crippen molar-refractivity contribution in [3.8, 4) is 5.75 Å². The Hall–Kier alpha value is -3.14. The molecule has 31 heavy (non-hydrogen) atoms. The van der Waals surface area contributed by atoms with Gasteiger partial charge in [0.25, 0.3) is 5.91 Å². The summed E-state index contributed by atoms with van der Waals surface area (Å²) in [6, 6.07) is 7.11. The first-order chi connectivity index (χ1) is 14.9. The van der Waals surface area contributed by atoms with Gasteiger partial charge in [0.05, 0.1) is 16.9 Å². The Morgan fingerprint density at radius 3 is 2.55 bits per heavy atom. The van der Waals surface area contributed by atoms with Crippen LogP contribution in [0.4, 0.5) is 18.3 Å². The zero-order chi connectivity index (χ0) is 22.4. The first-order valence-electron chi connectivity index (χ1n) is 9.53. The van der Waals surface area contributed by atoms with Gasteiger partial charge in [0, 0.05) is 0 Å². The van der Waals surface area contributed by atoms with E-state index in [4.69, 9.17) is 9.47 Å². The van der Waals surface area contributed by atoms with Gasteiger partial charge in [0.1, 0.15) is 11.3 Å². The maximum atomic E-state index is 13.7. The third-order valence-electron chi connectivity index (χ3n) is 4.21. The summed E-state index contributed by atoms with van der Waals surface area (Å²) in [4.78, 5) is 27.8. The Balaban J connectivity index is 1.52. The topological polar surface area (TPSA) is 77.5 Å². The van der Waals surface area contributed by atoms with E-state index in [0.717, 1.165) is 36.7 Å². The van der Waals surface area contributed by atoms with Gasteiger partial charge in [-0.15, -0.1) is 0 Å². The van der Waals surface area contributed by atoms with Crippen LogP contribution < -0.4 is 10.1 Å². The van der Waals surface area contributed by atoms with Crippen molar-refractivity contribution in [3.63, 3.8) is 0 Å². The van der Waals surface area contributed by atoms with E-state index in [1.165, 1.54) is 12.1 Å². The third kappa shape index (κ3) is 5.72. The van der Waals surface area contributed by atoms with Crippen molar-refractivity contribution >= 4 is 38.6 Å². The lowest BCUT2D eigenvalue weighted by Gasteiger charge is -2.07. The molecule has 1 amide bonds. The minimum Gasteiger partial charge on any atom is -0.494 e. The molecule has 0 saturated heterocycles. The third-order valence-corrected chi connectivity index (χ3v) is 5.13. The first kappa shape index (κ1) is 22.5. The Kier molecular flexibility index (Phi) is 7.45. The first-order valence-corrected chi connectivity index (χ1v) is 10.3. The number of hydrogen-bond acceptors (Lipinski definition) is 6. The fraction of sp³-hybridized carbons (Fsp3) is 0.286. The summed E-state index contributed by atoms with van der Waals surface area (Å²) < 4.78 is 50.8. The summed E-state index contributed by atoms with van der Waals surface area (Å²) in [5.74, 6) is -5.24. The normalized spacial score (nSPS) is 10.8. The molecule has 6 nitrogen and oxygen atoms in total. The molecule has 0 aliphatic carbocycles. The number of nitrogens with one attached hydrogen (secondary N) is 1. The van der Waals surface area contributed by atoms with Gasteiger partial charge in [0.15, 0.2) is 29.2 Å². The summed E-state index contributed by atoms with van der Waals surface area (Å²) in [5.41, 5.74) is -0.157. The van der Waals surface area contributed by atoms with Crippen LogP contribution in [0.15, 0.2) is 30.3 Å². The second-order valence-corrected chi connectivity index (χ2v) is 7.59. The van der Waals surface area contributed by atoms with E-state index >= 15 is 0 Å². The van der Waals surface area contributed by atoms with Crippen LogP contribution >= 0.6 is 11.3 Å². The van der Waals surface area contributed by atoms with Crippen LogP contribution in [0.1, 0.15) is 36.5 Å². The second-order valence-electron chi connectivity index (χ2n) is 6.56. The quantitative estimate of drug-likeness (QED) is 0.278. The van der Waals surface area contributed by atoms with E-state index in [-0.39, 0.29) is 15.4 Å². The number of anilines is 1. The van der Waals surface area contributed by atoms with E-state index < -0.39 is 41.5 Å². The van der Waals surface area contributed by atoms with Crippen molar-refractivity contribution in [2.24, 2.45) is 0 Å². The van der Waals surface area contributed by atoms with Gasteiger partial charge in [-0.05, 0) is 36.8 Å². The molecule has 0 bridgehead atoms. The van der Waals surface area contributed by atoms with Gasteiger partial charge in [0.2, 0.25) is 0 Å². The van der Waals surface area contributed by atoms with Gasteiger partial charge in [-0.25, -0.2) is 22.9 Å². The maximum Gasteiger partial charge on any atom is 0.338 e. The largest absolute Gasteiger partial charge is 0.494 e. The molecule has 0 saturated carbocycles. The van der Waals surface area contributed by atoms with Crippen LogP contribution in [0, 0.1) is 17.5 Å². The molecule has 0 fully saturated rings. The molecule has 0 spiro atoms. The SMILES string of the molecule is CCCCCOc1ccc(C(=O)OCC(=O)Nc2nc3c(F)c(F)c(F)cc3s2)cc1. The molecule has 0 aliphatic rings. The predicted octanol–water partition coefficient (Wildman–Crippen LogP) is 5.08. The molecule has 1 N–H and O–H groups in total. The molecule has 1 heterocycles. The van der Waals surface area contributed by atoms with Gasteiger partial charge in [-0.3, -0.25) is 10.1 Å². The summed E-state index contributed by atoms with van der Waals surface area (Å²) in [6.07, 6.45) is 3.11. The number of halogens is 3. The average Bonchev–Trinajstić information content (AvgIpc) is 3.16. The molecule has 2 aromatic carbocycles. The van der Waals surface area contributed by atoms with Gasteiger partial charge in [-0.2, -0.15) is 0 Å². The molecular weight excluding hydrogens is 433 g/mol. The van der Waals surface area contributed by atoms with Crippen molar-refractivity contribution in [3.05, 3.63) is 53.3 Å². The number of unbranched alkanes of at least 4 members (excludes halogenated alkanes) is 2. The standard InChI is InChI=1S/C21H19F3N2O4S/c1-2-3-4-9-29-13-7-5-12(6-8-13)20(28)30-11-16(27)25-21-26-19-15(31-21)10-14(22)17(23)18(19)24/h5-8,10H,2-4,9,11H2,1H3,(H,25,26,27). The van der Waals surface area contributed by atoms with E-state index in [1.807, 2.05) is 0 Å². The highest BCUT2D eigenvalue weighted by Crippen LogP contribution is 2.30. The molecule has 1 aromatic heterocycles. The highest BCUT2D eigenvalue weighted by Gasteiger charge is 2.19. The molecule has 164 valence electrons.